The van der Waals surface area contributed by atoms with Crippen molar-refractivity contribution >= 4 is 15.9 Å². The van der Waals surface area contributed by atoms with Gasteiger partial charge in [0.1, 0.15) is 0 Å². The van der Waals surface area contributed by atoms with Gasteiger partial charge in [-0.15, -0.1) is 0 Å². The molecule has 94 valence electrons. The number of nitrogens with two attached hydrogens (primary N) is 1. The van der Waals surface area contributed by atoms with Gasteiger partial charge in [-0.1, -0.05) is 6.07 Å². The van der Waals surface area contributed by atoms with E-state index in [1.807, 2.05) is 18.2 Å². The van der Waals surface area contributed by atoms with E-state index in [-0.39, 0.29) is 6.04 Å². The van der Waals surface area contributed by atoms with Crippen molar-refractivity contribution < 1.29 is 0 Å². The number of halogens is 1. The molecule has 0 amide bonds. The minimum atomic E-state index is -0.214. The van der Waals surface area contributed by atoms with Crippen molar-refractivity contribution in [2.45, 2.75) is 18.9 Å². The summed E-state index contributed by atoms with van der Waals surface area (Å²) in [6.07, 6.45) is 3.58. The van der Waals surface area contributed by atoms with Gasteiger partial charge in [-0.05, 0) is 63.7 Å². The number of benzene rings is 1. The first kappa shape index (κ1) is 12.3. The fourth-order valence-electron chi connectivity index (χ4n) is 2.58. The minimum Gasteiger partial charge on any atom is -0.319 e. The lowest BCUT2D eigenvalue weighted by Crippen LogP contribution is -2.15. The SMILES string of the molecule is N#Cc1ccc2c(c1)CCc1cc(Br)cnc1C2N. The Hall–Kier alpha value is -1.70. The first-order valence-electron chi connectivity index (χ1n) is 6.12. The topological polar surface area (TPSA) is 62.7 Å². The molecule has 1 unspecified atom stereocenters. The molecule has 0 aliphatic heterocycles. The molecule has 0 bridgehead atoms. The Bertz CT molecular complexity index is 688. The molecule has 0 spiro atoms. The lowest BCUT2D eigenvalue weighted by molar-refractivity contribution is 0.818. The van der Waals surface area contributed by atoms with Crippen LogP contribution in [-0.2, 0) is 12.8 Å². The van der Waals surface area contributed by atoms with Crippen LogP contribution in [0.2, 0.25) is 0 Å². The number of rotatable bonds is 0. The van der Waals surface area contributed by atoms with Crippen LogP contribution in [0.5, 0.6) is 0 Å². The Morgan fingerprint density at radius 3 is 2.84 bits per heavy atom. The number of nitrogens with zero attached hydrogens (tertiary/aromatic N) is 2. The van der Waals surface area contributed by atoms with E-state index < -0.39 is 0 Å². The van der Waals surface area contributed by atoms with Gasteiger partial charge in [-0.3, -0.25) is 4.98 Å². The predicted molar refractivity (Wildman–Crippen MR) is 76.5 cm³/mol. The summed E-state index contributed by atoms with van der Waals surface area (Å²) in [5.41, 5.74) is 11.4. The highest BCUT2D eigenvalue weighted by atomic mass is 79.9. The molecule has 1 aromatic carbocycles. The number of nitriles is 1. The average Bonchev–Trinajstić information content (AvgIpc) is 2.56. The van der Waals surface area contributed by atoms with Crippen LogP contribution in [0.15, 0.2) is 34.9 Å². The highest BCUT2D eigenvalue weighted by molar-refractivity contribution is 9.10. The molecule has 1 aliphatic rings. The molecular formula is C15H12BrN3. The zero-order chi connectivity index (χ0) is 13.4. The Labute approximate surface area is 120 Å². The summed E-state index contributed by atoms with van der Waals surface area (Å²) in [7, 11) is 0. The molecule has 0 saturated carbocycles. The van der Waals surface area contributed by atoms with Crippen LogP contribution in [0, 0.1) is 11.3 Å². The summed E-state index contributed by atoms with van der Waals surface area (Å²) in [6.45, 7) is 0. The number of fused-ring (bicyclic) bond motifs is 2. The molecule has 0 saturated heterocycles. The van der Waals surface area contributed by atoms with E-state index in [9.17, 15) is 0 Å². The molecule has 2 N–H and O–H groups in total. The molecule has 2 aromatic rings. The standard InChI is InChI=1S/C15H12BrN3/c16-12-6-11-3-2-10-5-9(7-17)1-4-13(10)14(18)15(11)19-8-12/h1,4-6,8,14H,2-3,18H2. The van der Waals surface area contributed by atoms with Gasteiger partial charge in [0.15, 0.2) is 0 Å². The van der Waals surface area contributed by atoms with Gasteiger partial charge >= 0.3 is 0 Å². The molecule has 1 heterocycles. The van der Waals surface area contributed by atoms with E-state index in [1.165, 1.54) is 5.56 Å². The number of aromatic nitrogens is 1. The van der Waals surface area contributed by atoms with Gasteiger partial charge in [0.2, 0.25) is 0 Å². The van der Waals surface area contributed by atoms with Crippen LogP contribution in [0.3, 0.4) is 0 Å². The Morgan fingerprint density at radius 1 is 1.26 bits per heavy atom. The molecule has 3 rings (SSSR count). The second-order valence-corrected chi connectivity index (χ2v) is 5.62. The smallest absolute Gasteiger partial charge is 0.0991 e. The summed E-state index contributed by atoms with van der Waals surface area (Å²) >= 11 is 3.45. The summed E-state index contributed by atoms with van der Waals surface area (Å²) in [5, 5.41) is 8.99. The second-order valence-electron chi connectivity index (χ2n) is 4.70. The van der Waals surface area contributed by atoms with Crippen molar-refractivity contribution in [2.75, 3.05) is 0 Å². The molecule has 19 heavy (non-hydrogen) atoms. The van der Waals surface area contributed by atoms with Gasteiger partial charge in [0, 0.05) is 10.7 Å². The maximum atomic E-state index is 8.99. The zero-order valence-electron chi connectivity index (χ0n) is 10.2. The van der Waals surface area contributed by atoms with Crippen LogP contribution in [0.25, 0.3) is 0 Å². The van der Waals surface area contributed by atoms with Crippen molar-refractivity contribution in [3.63, 3.8) is 0 Å². The number of hydrogen-bond acceptors (Lipinski definition) is 3. The van der Waals surface area contributed by atoms with E-state index in [1.54, 1.807) is 6.20 Å². The van der Waals surface area contributed by atoms with Crippen molar-refractivity contribution in [2.24, 2.45) is 5.73 Å². The fourth-order valence-corrected chi connectivity index (χ4v) is 2.96. The van der Waals surface area contributed by atoms with E-state index in [2.05, 4.69) is 33.0 Å². The van der Waals surface area contributed by atoms with Gasteiger partial charge in [-0.25, -0.2) is 0 Å². The molecular weight excluding hydrogens is 302 g/mol. The Kier molecular flexibility index (Phi) is 3.09. The second kappa shape index (κ2) is 4.76. The van der Waals surface area contributed by atoms with E-state index >= 15 is 0 Å². The third-order valence-electron chi connectivity index (χ3n) is 3.53. The van der Waals surface area contributed by atoms with Gasteiger partial charge in [-0.2, -0.15) is 5.26 Å². The van der Waals surface area contributed by atoms with Crippen LogP contribution >= 0.6 is 15.9 Å². The summed E-state index contributed by atoms with van der Waals surface area (Å²) < 4.78 is 0.974. The van der Waals surface area contributed by atoms with Gasteiger partial charge in [0.25, 0.3) is 0 Å². The van der Waals surface area contributed by atoms with Gasteiger partial charge in [0.05, 0.1) is 23.4 Å². The molecule has 1 aromatic heterocycles. The lowest BCUT2D eigenvalue weighted by Gasteiger charge is -2.14. The summed E-state index contributed by atoms with van der Waals surface area (Å²) in [4.78, 5) is 4.46. The van der Waals surface area contributed by atoms with Crippen LogP contribution < -0.4 is 5.73 Å². The third-order valence-corrected chi connectivity index (χ3v) is 3.97. The number of aryl methyl sites for hydroxylation is 2. The predicted octanol–water partition coefficient (Wildman–Crippen LogP) is 2.86. The van der Waals surface area contributed by atoms with Crippen LogP contribution in [0.1, 0.15) is 34.0 Å². The first-order chi connectivity index (χ1) is 9.19. The highest BCUT2D eigenvalue weighted by Gasteiger charge is 2.22. The maximum absolute atomic E-state index is 8.99. The van der Waals surface area contributed by atoms with Crippen molar-refractivity contribution in [3.05, 3.63) is 62.9 Å². The highest BCUT2D eigenvalue weighted by Crippen LogP contribution is 2.31. The first-order valence-corrected chi connectivity index (χ1v) is 6.91. The Balaban J connectivity index is 2.14. The monoisotopic (exact) mass is 313 g/mol. The molecule has 1 aliphatic carbocycles. The average molecular weight is 314 g/mol. The fraction of sp³-hybridized carbons (Fsp3) is 0.200. The zero-order valence-corrected chi connectivity index (χ0v) is 11.8. The van der Waals surface area contributed by atoms with E-state index in [0.717, 1.165) is 34.1 Å². The molecule has 3 nitrogen and oxygen atoms in total. The normalized spacial score (nSPS) is 17.0. The Morgan fingerprint density at radius 2 is 2.05 bits per heavy atom. The number of hydrogen-bond donors (Lipinski definition) is 1. The molecule has 4 heteroatoms. The van der Waals surface area contributed by atoms with Crippen LogP contribution in [0.4, 0.5) is 0 Å². The largest absolute Gasteiger partial charge is 0.319 e. The molecule has 1 atom stereocenters. The number of pyridine rings is 1. The van der Waals surface area contributed by atoms with Gasteiger partial charge < -0.3 is 5.73 Å². The third kappa shape index (κ3) is 2.16. The maximum Gasteiger partial charge on any atom is 0.0991 e. The quantitative estimate of drug-likeness (QED) is 0.813. The molecule has 0 fully saturated rings. The van der Waals surface area contributed by atoms with Crippen LogP contribution in [-0.4, -0.2) is 4.98 Å². The summed E-state index contributed by atoms with van der Waals surface area (Å²) in [5.74, 6) is 0. The summed E-state index contributed by atoms with van der Waals surface area (Å²) in [6, 6.07) is 9.77. The van der Waals surface area contributed by atoms with Crippen molar-refractivity contribution in [3.8, 4) is 6.07 Å². The van der Waals surface area contributed by atoms with E-state index in [4.69, 9.17) is 11.0 Å². The van der Waals surface area contributed by atoms with Crippen molar-refractivity contribution in [1.29, 1.82) is 5.26 Å². The lowest BCUT2D eigenvalue weighted by atomic mass is 9.97. The molecule has 0 radical (unpaired) electrons. The minimum absolute atomic E-state index is 0.214. The van der Waals surface area contributed by atoms with E-state index in [0.29, 0.717) is 5.56 Å². The van der Waals surface area contributed by atoms with Crippen molar-refractivity contribution in [1.82, 2.24) is 4.98 Å².